The van der Waals surface area contributed by atoms with Crippen molar-refractivity contribution >= 4 is 5.69 Å². The molecule has 0 aliphatic carbocycles. The van der Waals surface area contributed by atoms with E-state index in [2.05, 4.69) is 5.32 Å². The standard InChI is InChI=1S/C14H13F2NO/c1-9(10-3-2-4-11(15)7-10)17-12-5-6-14(18)13(16)8-12/h2-9,17-18H,1H3. The number of anilines is 1. The zero-order chi connectivity index (χ0) is 13.1. The van der Waals surface area contributed by atoms with Crippen LogP contribution in [0.1, 0.15) is 18.5 Å². The van der Waals surface area contributed by atoms with Crippen molar-refractivity contribution in [1.82, 2.24) is 0 Å². The highest BCUT2D eigenvalue weighted by Gasteiger charge is 2.08. The Bertz CT molecular complexity index is 557. The van der Waals surface area contributed by atoms with E-state index in [1.54, 1.807) is 18.2 Å². The third kappa shape index (κ3) is 2.77. The molecular weight excluding hydrogens is 236 g/mol. The molecule has 2 nitrogen and oxygen atoms in total. The number of aromatic hydroxyl groups is 1. The molecule has 0 saturated carbocycles. The molecule has 0 saturated heterocycles. The zero-order valence-electron chi connectivity index (χ0n) is 9.82. The summed E-state index contributed by atoms with van der Waals surface area (Å²) >= 11 is 0. The lowest BCUT2D eigenvalue weighted by molar-refractivity contribution is 0.432. The van der Waals surface area contributed by atoms with Crippen LogP contribution in [0.25, 0.3) is 0 Å². The first-order valence-electron chi connectivity index (χ1n) is 5.57. The molecule has 0 amide bonds. The van der Waals surface area contributed by atoms with E-state index in [1.807, 2.05) is 6.92 Å². The van der Waals surface area contributed by atoms with Gasteiger partial charge in [0.25, 0.3) is 0 Å². The molecule has 2 rings (SSSR count). The number of benzene rings is 2. The summed E-state index contributed by atoms with van der Waals surface area (Å²) in [5.41, 5.74) is 1.30. The predicted octanol–water partition coefficient (Wildman–Crippen LogP) is 3.84. The van der Waals surface area contributed by atoms with Crippen molar-refractivity contribution in [3.8, 4) is 5.75 Å². The van der Waals surface area contributed by atoms with Crippen LogP contribution in [0.15, 0.2) is 42.5 Å². The van der Waals surface area contributed by atoms with Crippen LogP contribution in [-0.4, -0.2) is 5.11 Å². The summed E-state index contributed by atoms with van der Waals surface area (Å²) in [7, 11) is 0. The summed E-state index contributed by atoms with van der Waals surface area (Å²) in [5, 5.41) is 12.1. The minimum absolute atomic E-state index is 0.162. The van der Waals surface area contributed by atoms with Gasteiger partial charge in [-0.25, -0.2) is 8.78 Å². The van der Waals surface area contributed by atoms with Crippen molar-refractivity contribution in [3.63, 3.8) is 0 Å². The third-order valence-electron chi connectivity index (χ3n) is 2.68. The fourth-order valence-electron chi connectivity index (χ4n) is 1.71. The molecule has 0 spiro atoms. The first-order chi connectivity index (χ1) is 8.56. The second kappa shape index (κ2) is 5.04. The molecule has 0 aliphatic heterocycles. The lowest BCUT2D eigenvalue weighted by Gasteiger charge is -2.16. The van der Waals surface area contributed by atoms with Gasteiger partial charge in [0.15, 0.2) is 11.6 Å². The van der Waals surface area contributed by atoms with Crippen LogP contribution in [-0.2, 0) is 0 Å². The number of halogens is 2. The van der Waals surface area contributed by atoms with E-state index < -0.39 is 5.82 Å². The molecule has 4 heteroatoms. The van der Waals surface area contributed by atoms with Crippen molar-refractivity contribution in [2.45, 2.75) is 13.0 Å². The Balaban J connectivity index is 2.16. The Morgan fingerprint density at radius 3 is 2.56 bits per heavy atom. The molecule has 0 aliphatic rings. The molecule has 18 heavy (non-hydrogen) atoms. The SMILES string of the molecule is CC(Nc1ccc(O)c(F)c1)c1cccc(F)c1. The van der Waals surface area contributed by atoms with Crippen molar-refractivity contribution in [1.29, 1.82) is 0 Å². The smallest absolute Gasteiger partial charge is 0.166 e. The van der Waals surface area contributed by atoms with Gasteiger partial charge in [-0.1, -0.05) is 12.1 Å². The minimum atomic E-state index is -0.688. The number of phenolic OH excluding ortho intramolecular Hbond substituents is 1. The maximum atomic E-state index is 13.1. The molecule has 94 valence electrons. The average Bonchev–Trinajstić information content (AvgIpc) is 2.34. The number of hydrogen-bond donors (Lipinski definition) is 2. The van der Waals surface area contributed by atoms with Crippen LogP contribution in [0.3, 0.4) is 0 Å². The quantitative estimate of drug-likeness (QED) is 0.810. The zero-order valence-corrected chi connectivity index (χ0v) is 9.82. The van der Waals surface area contributed by atoms with E-state index in [1.165, 1.54) is 24.3 Å². The first kappa shape index (κ1) is 12.4. The summed E-state index contributed by atoms with van der Waals surface area (Å²) in [6, 6.07) is 10.1. The maximum Gasteiger partial charge on any atom is 0.166 e. The van der Waals surface area contributed by atoms with Gasteiger partial charge >= 0.3 is 0 Å². The van der Waals surface area contributed by atoms with Crippen LogP contribution in [0.5, 0.6) is 5.75 Å². The van der Waals surface area contributed by atoms with E-state index in [0.717, 1.165) is 5.56 Å². The van der Waals surface area contributed by atoms with Crippen molar-refractivity contribution < 1.29 is 13.9 Å². The van der Waals surface area contributed by atoms with Gasteiger partial charge in [0.05, 0.1) is 0 Å². The fraction of sp³-hybridized carbons (Fsp3) is 0.143. The highest BCUT2D eigenvalue weighted by Crippen LogP contribution is 2.23. The summed E-state index contributed by atoms with van der Waals surface area (Å²) in [5.74, 6) is -1.39. The van der Waals surface area contributed by atoms with E-state index in [9.17, 15) is 8.78 Å². The van der Waals surface area contributed by atoms with Gasteiger partial charge in [0, 0.05) is 17.8 Å². The van der Waals surface area contributed by atoms with Crippen molar-refractivity contribution in [2.75, 3.05) is 5.32 Å². The van der Waals surface area contributed by atoms with Crippen LogP contribution < -0.4 is 5.32 Å². The normalized spacial score (nSPS) is 12.2. The number of nitrogens with one attached hydrogen (secondary N) is 1. The summed E-state index contributed by atoms with van der Waals surface area (Å²) in [6.07, 6.45) is 0. The van der Waals surface area contributed by atoms with E-state index in [0.29, 0.717) is 5.69 Å². The molecule has 0 heterocycles. The molecule has 0 aromatic heterocycles. The average molecular weight is 249 g/mol. The number of rotatable bonds is 3. The van der Waals surface area contributed by atoms with E-state index in [4.69, 9.17) is 5.11 Å². The Kier molecular flexibility index (Phi) is 3.46. The van der Waals surface area contributed by atoms with Gasteiger partial charge in [0.2, 0.25) is 0 Å². The van der Waals surface area contributed by atoms with Crippen molar-refractivity contribution in [3.05, 3.63) is 59.7 Å². The lowest BCUT2D eigenvalue weighted by atomic mass is 10.1. The Hall–Kier alpha value is -2.10. The predicted molar refractivity (Wildman–Crippen MR) is 66.5 cm³/mol. The van der Waals surface area contributed by atoms with Gasteiger partial charge in [-0.15, -0.1) is 0 Å². The molecule has 0 fully saturated rings. The molecular formula is C14H13F2NO. The molecule has 0 bridgehead atoms. The first-order valence-corrected chi connectivity index (χ1v) is 5.57. The van der Waals surface area contributed by atoms with E-state index >= 15 is 0 Å². The van der Waals surface area contributed by atoms with Gasteiger partial charge in [-0.3, -0.25) is 0 Å². The molecule has 2 aromatic rings. The lowest BCUT2D eigenvalue weighted by Crippen LogP contribution is -2.06. The topological polar surface area (TPSA) is 32.3 Å². The van der Waals surface area contributed by atoms with Crippen LogP contribution in [0.2, 0.25) is 0 Å². The molecule has 0 radical (unpaired) electrons. The van der Waals surface area contributed by atoms with Gasteiger partial charge < -0.3 is 10.4 Å². The molecule has 1 atom stereocenters. The Morgan fingerprint density at radius 2 is 1.89 bits per heavy atom. The van der Waals surface area contributed by atoms with Gasteiger partial charge in [-0.2, -0.15) is 0 Å². The van der Waals surface area contributed by atoms with Crippen LogP contribution >= 0.6 is 0 Å². The Morgan fingerprint density at radius 1 is 1.11 bits per heavy atom. The number of hydrogen-bond acceptors (Lipinski definition) is 2. The highest BCUT2D eigenvalue weighted by atomic mass is 19.1. The molecule has 2 N–H and O–H groups in total. The second-order valence-corrected chi connectivity index (χ2v) is 4.09. The monoisotopic (exact) mass is 249 g/mol. The summed E-state index contributed by atoms with van der Waals surface area (Å²) in [4.78, 5) is 0. The maximum absolute atomic E-state index is 13.1. The Labute approximate surface area is 104 Å². The van der Waals surface area contributed by atoms with Crippen molar-refractivity contribution in [2.24, 2.45) is 0 Å². The second-order valence-electron chi connectivity index (χ2n) is 4.09. The number of phenols is 1. The minimum Gasteiger partial charge on any atom is -0.505 e. The largest absolute Gasteiger partial charge is 0.505 e. The third-order valence-corrected chi connectivity index (χ3v) is 2.68. The van der Waals surface area contributed by atoms with E-state index in [-0.39, 0.29) is 17.6 Å². The molecule has 2 aromatic carbocycles. The van der Waals surface area contributed by atoms with Crippen LogP contribution in [0.4, 0.5) is 14.5 Å². The van der Waals surface area contributed by atoms with Gasteiger partial charge in [-0.05, 0) is 36.8 Å². The summed E-state index contributed by atoms with van der Waals surface area (Å²) < 4.78 is 26.2. The highest BCUT2D eigenvalue weighted by molar-refractivity contribution is 5.48. The van der Waals surface area contributed by atoms with Crippen LogP contribution in [0, 0.1) is 11.6 Å². The van der Waals surface area contributed by atoms with Gasteiger partial charge in [0.1, 0.15) is 5.82 Å². The fourth-order valence-corrected chi connectivity index (χ4v) is 1.71. The molecule has 1 unspecified atom stereocenters. The summed E-state index contributed by atoms with van der Waals surface area (Å²) in [6.45, 7) is 1.85.